The van der Waals surface area contributed by atoms with Crippen molar-refractivity contribution in [1.82, 2.24) is 0 Å². The number of rotatable bonds is 8. The van der Waals surface area contributed by atoms with Crippen molar-refractivity contribution >= 4 is 27.4 Å². The van der Waals surface area contributed by atoms with Crippen molar-refractivity contribution in [1.29, 1.82) is 0 Å². The molecule has 7 nitrogen and oxygen atoms in total. The van der Waals surface area contributed by atoms with Gasteiger partial charge in [0.1, 0.15) is 12.3 Å². The number of methoxy groups -OCH3 is 1. The molecule has 144 valence electrons. The van der Waals surface area contributed by atoms with E-state index in [-0.39, 0.29) is 4.90 Å². The molecule has 0 bridgehead atoms. The topological polar surface area (TPSA) is 101 Å². The van der Waals surface area contributed by atoms with Crippen LogP contribution in [-0.4, -0.2) is 44.8 Å². The maximum atomic E-state index is 12.8. The molecule has 0 aromatic heterocycles. The van der Waals surface area contributed by atoms with Crippen molar-refractivity contribution in [3.8, 4) is 5.75 Å². The van der Waals surface area contributed by atoms with Gasteiger partial charge in [-0.3, -0.25) is 9.59 Å². The van der Waals surface area contributed by atoms with Crippen molar-refractivity contribution in [2.45, 2.75) is 11.8 Å². The third-order valence-electron chi connectivity index (χ3n) is 3.94. The molecule has 0 spiro atoms. The molecule has 0 aliphatic carbocycles. The van der Waals surface area contributed by atoms with E-state index in [2.05, 4.69) is 0 Å². The van der Waals surface area contributed by atoms with Gasteiger partial charge >= 0.3 is 5.97 Å². The van der Waals surface area contributed by atoms with Crippen LogP contribution in [0.15, 0.2) is 59.5 Å². The third kappa shape index (κ3) is 5.30. The minimum atomic E-state index is -3.72. The summed E-state index contributed by atoms with van der Waals surface area (Å²) < 4.78 is 30.2. The number of anilines is 1. The van der Waals surface area contributed by atoms with E-state index in [1.165, 1.54) is 38.3 Å². The monoisotopic (exact) mass is 391 g/mol. The van der Waals surface area contributed by atoms with Gasteiger partial charge in [0.25, 0.3) is 0 Å². The molecule has 2 aromatic carbocycles. The second-order valence-corrected chi connectivity index (χ2v) is 8.05. The predicted octanol–water partition coefficient (Wildman–Crippen LogP) is 2.22. The number of carboxylic acid groups (broad SMARTS) is 1. The largest absolute Gasteiger partial charge is 0.497 e. The van der Waals surface area contributed by atoms with Crippen molar-refractivity contribution in [3.05, 3.63) is 54.6 Å². The molecule has 1 unspecified atom stereocenters. The van der Waals surface area contributed by atoms with Crippen LogP contribution >= 0.6 is 0 Å². The van der Waals surface area contributed by atoms with Gasteiger partial charge in [0.15, 0.2) is 9.84 Å². The molecule has 0 fully saturated rings. The van der Waals surface area contributed by atoms with Crippen molar-refractivity contribution in [2.24, 2.45) is 5.92 Å². The van der Waals surface area contributed by atoms with Gasteiger partial charge in [0.2, 0.25) is 5.91 Å². The summed E-state index contributed by atoms with van der Waals surface area (Å²) in [6.45, 7) is 0.928. The first-order chi connectivity index (χ1) is 12.7. The Morgan fingerprint density at radius 2 is 1.67 bits per heavy atom. The Kier molecular flexibility index (Phi) is 6.57. The van der Waals surface area contributed by atoms with E-state index >= 15 is 0 Å². The molecular formula is C19H21NO6S. The van der Waals surface area contributed by atoms with Gasteiger partial charge in [0.05, 0.1) is 17.8 Å². The minimum Gasteiger partial charge on any atom is -0.497 e. The standard InChI is InChI=1S/C19H21NO6S/c1-14(13-27(24,25)17-10-8-16(26-2)9-11-17)19(23)20(12-18(21)22)15-6-4-3-5-7-15/h3-11,14H,12-13H2,1-2H3,(H,21,22). The van der Waals surface area contributed by atoms with Crippen molar-refractivity contribution in [2.75, 3.05) is 24.3 Å². The molecular weight excluding hydrogens is 370 g/mol. The summed E-state index contributed by atoms with van der Waals surface area (Å²) in [5.74, 6) is -2.58. The first-order valence-electron chi connectivity index (χ1n) is 8.19. The van der Waals surface area contributed by atoms with Gasteiger partial charge in [-0.25, -0.2) is 8.42 Å². The van der Waals surface area contributed by atoms with Crippen LogP contribution in [0.2, 0.25) is 0 Å². The Morgan fingerprint density at radius 1 is 1.07 bits per heavy atom. The summed E-state index contributed by atoms with van der Waals surface area (Å²) in [6.07, 6.45) is 0. The number of sulfone groups is 1. The highest BCUT2D eigenvalue weighted by Gasteiger charge is 2.28. The highest BCUT2D eigenvalue weighted by molar-refractivity contribution is 7.91. The summed E-state index contributed by atoms with van der Waals surface area (Å²) in [7, 11) is -2.25. The molecule has 0 aliphatic rings. The number of ether oxygens (including phenoxy) is 1. The molecule has 27 heavy (non-hydrogen) atoms. The lowest BCUT2D eigenvalue weighted by Gasteiger charge is -2.24. The van der Waals surface area contributed by atoms with Crippen LogP contribution in [-0.2, 0) is 19.4 Å². The molecule has 2 rings (SSSR count). The highest BCUT2D eigenvalue weighted by Crippen LogP contribution is 2.21. The molecule has 2 aromatic rings. The molecule has 0 saturated carbocycles. The van der Waals surface area contributed by atoms with E-state index in [0.29, 0.717) is 11.4 Å². The zero-order chi connectivity index (χ0) is 20.0. The second-order valence-electron chi connectivity index (χ2n) is 6.01. The summed E-state index contributed by atoms with van der Waals surface area (Å²) in [5.41, 5.74) is 0.401. The van der Waals surface area contributed by atoms with E-state index in [0.717, 1.165) is 4.90 Å². The fraction of sp³-hybridized carbons (Fsp3) is 0.263. The Hall–Kier alpha value is -2.87. The Bertz CT molecular complexity index is 894. The van der Waals surface area contributed by atoms with E-state index in [1.54, 1.807) is 30.3 Å². The molecule has 8 heteroatoms. The van der Waals surface area contributed by atoms with E-state index in [4.69, 9.17) is 9.84 Å². The van der Waals surface area contributed by atoms with Crippen LogP contribution in [0, 0.1) is 5.92 Å². The van der Waals surface area contributed by atoms with Crippen LogP contribution in [0.3, 0.4) is 0 Å². The van der Waals surface area contributed by atoms with Crippen LogP contribution in [0.1, 0.15) is 6.92 Å². The number of aliphatic carboxylic acids is 1. The average molecular weight is 391 g/mol. The van der Waals surface area contributed by atoms with Crippen LogP contribution < -0.4 is 9.64 Å². The predicted molar refractivity (Wildman–Crippen MR) is 101 cm³/mol. The third-order valence-corrected chi connectivity index (χ3v) is 5.87. The van der Waals surface area contributed by atoms with Gasteiger partial charge in [-0.15, -0.1) is 0 Å². The van der Waals surface area contributed by atoms with Gasteiger partial charge in [-0.1, -0.05) is 25.1 Å². The van der Waals surface area contributed by atoms with Crippen LogP contribution in [0.4, 0.5) is 5.69 Å². The first kappa shape index (κ1) is 20.4. The normalized spacial score (nSPS) is 12.2. The fourth-order valence-corrected chi connectivity index (χ4v) is 4.13. The lowest BCUT2D eigenvalue weighted by atomic mass is 10.1. The van der Waals surface area contributed by atoms with E-state index in [9.17, 15) is 18.0 Å². The number of hydrogen-bond acceptors (Lipinski definition) is 5. The number of hydrogen-bond donors (Lipinski definition) is 1. The number of carbonyl (C=O) groups excluding carboxylic acids is 1. The Balaban J connectivity index is 2.21. The average Bonchev–Trinajstić information content (AvgIpc) is 2.65. The molecule has 0 radical (unpaired) electrons. The second kappa shape index (κ2) is 8.68. The summed E-state index contributed by atoms with van der Waals surface area (Å²) in [5, 5.41) is 9.11. The van der Waals surface area contributed by atoms with Crippen LogP contribution in [0.5, 0.6) is 5.75 Å². The summed E-state index contributed by atoms with van der Waals surface area (Å²) in [4.78, 5) is 25.1. The number of carbonyl (C=O) groups is 2. The van der Waals surface area contributed by atoms with Gasteiger partial charge in [-0.05, 0) is 36.4 Å². The first-order valence-corrected chi connectivity index (χ1v) is 9.85. The lowest BCUT2D eigenvalue weighted by molar-refractivity contribution is -0.137. The van der Waals surface area contributed by atoms with E-state index in [1.807, 2.05) is 0 Å². The zero-order valence-electron chi connectivity index (χ0n) is 15.0. The Labute approximate surface area is 158 Å². The summed E-state index contributed by atoms with van der Waals surface area (Å²) in [6, 6.07) is 14.2. The number of nitrogens with zero attached hydrogens (tertiary/aromatic N) is 1. The number of benzene rings is 2. The van der Waals surface area contributed by atoms with E-state index < -0.39 is 39.9 Å². The highest BCUT2D eigenvalue weighted by atomic mass is 32.2. The molecule has 1 N–H and O–H groups in total. The lowest BCUT2D eigenvalue weighted by Crippen LogP contribution is -2.41. The van der Waals surface area contributed by atoms with Gasteiger partial charge in [-0.2, -0.15) is 0 Å². The fourth-order valence-electron chi connectivity index (χ4n) is 2.59. The number of para-hydroxylation sites is 1. The SMILES string of the molecule is COc1ccc(S(=O)(=O)CC(C)C(=O)N(CC(=O)O)c2ccccc2)cc1. The van der Waals surface area contributed by atoms with Crippen molar-refractivity contribution < 1.29 is 27.9 Å². The zero-order valence-corrected chi connectivity index (χ0v) is 15.8. The molecule has 0 heterocycles. The maximum absolute atomic E-state index is 12.8. The maximum Gasteiger partial charge on any atom is 0.323 e. The number of carboxylic acids is 1. The Morgan fingerprint density at radius 3 is 2.19 bits per heavy atom. The molecule has 0 aliphatic heterocycles. The van der Waals surface area contributed by atoms with Gasteiger partial charge in [0, 0.05) is 11.6 Å². The number of amides is 1. The molecule has 1 atom stereocenters. The van der Waals surface area contributed by atoms with Crippen LogP contribution in [0.25, 0.3) is 0 Å². The summed E-state index contributed by atoms with van der Waals surface area (Å²) >= 11 is 0. The smallest absolute Gasteiger partial charge is 0.323 e. The molecule has 0 saturated heterocycles. The quantitative estimate of drug-likeness (QED) is 0.740. The van der Waals surface area contributed by atoms with Gasteiger partial charge < -0.3 is 14.7 Å². The molecule has 1 amide bonds. The minimum absolute atomic E-state index is 0.0763. The van der Waals surface area contributed by atoms with Crippen molar-refractivity contribution in [3.63, 3.8) is 0 Å².